The molecule has 0 bridgehead atoms. The Morgan fingerprint density at radius 3 is 2.68 bits per heavy atom. The van der Waals surface area contributed by atoms with Gasteiger partial charge in [0.1, 0.15) is 5.75 Å². The third-order valence-electron chi connectivity index (χ3n) is 3.18. The molecule has 2 aromatic rings. The van der Waals surface area contributed by atoms with Crippen LogP contribution in [0.25, 0.3) is 0 Å². The Kier molecular flexibility index (Phi) is 6.89. The van der Waals surface area contributed by atoms with E-state index in [0.717, 1.165) is 0 Å². The largest absolute Gasteiger partial charge is 0.488 e. The lowest BCUT2D eigenvalue weighted by molar-refractivity contribution is -0.123. The van der Waals surface area contributed by atoms with Crippen LogP contribution >= 0.6 is 11.6 Å². The molecule has 0 aliphatic carbocycles. The van der Waals surface area contributed by atoms with Crippen molar-refractivity contribution in [1.29, 1.82) is 0 Å². The number of para-hydroxylation sites is 1. The molecule has 0 atom stereocenters. The molecule has 2 rings (SSSR count). The van der Waals surface area contributed by atoms with E-state index in [9.17, 15) is 9.59 Å². The van der Waals surface area contributed by atoms with Crippen molar-refractivity contribution in [2.24, 2.45) is 5.92 Å². The number of hydrogen-bond donors (Lipinski definition) is 2. The maximum absolute atomic E-state index is 11.9. The fourth-order valence-electron chi connectivity index (χ4n) is 1.92. The minimum Gasteiger partial charge on any atom is -0.488 e. The molecule has 0 spiro atoms. The second-order valence-electron chi connectivity index (χ2n) is 5.89. The summed E-state index contributed by atoms with van der Waals surface area (Å²) in [7, 11) is 0. The van der Waals surface area contributed by atoms with E-state index in [1.165, 1.54) is 12.3 Å². The molecular formula is C18H21ClN2O4. The minimum atomic E-state index is -0.319. The molecule has 7 heteroatoms. The van der Waals surface area contributed by atoms with Crippen LogP contribution in [-0.2, 0) is 11.3 Å². The van der Waals surface area contributed by atoms with E-state index in [1.807, 2.05) is 13.8 Å². The van der Waals surface area contributed by atoms with Crippen LogP contribution in [0.15, 0.2) is 41.3 Å². The summed E-state index contributed by atoms with van der Waals surface area (Å²) in [4.78, 5) is 26.7. The number of aromatic nitrogens is 1. The Morgan fingerprint density at radius 1 is 1.24 bits per heavy atom. The topological polar surface area (TPSA) is 80.4 Å². The van der Waals surface area contributed by atoms with Crippen LogP contribution in [0.4, 0.5) is 0 Å². The van der Waals surface area contributed by atoms with Gasteiger partial charge in [0, 0.05) is 18.0 Å². The van der Waals surface area contributed by atoms with Gasteiger partial charge in [-0.15, -0.1) is 0 Å². The van der Waals surface area contributed by atoms with Crippen molar-refractivity contribution in [2.75, 3.05) is 13.2 Å². The predicted molar refractivity (Wildman–Crippen MR) is 96.2 cm³/mol. The van der Waals surface area contributed by atoms with Gasteiger partial charge in [0.15, 0.2) is 12.4 Å². The maximum atomic E-state index is 11.9. The SMILES string of the molecule is CC(C)COc1c[nH]c(CNC(=O)COc2ccccc2Cl)cc1=O. The van der Waals surface area contributed by atoms with Crippen molar-refractivity contribution in [2.45, 2.75) is 20.4 Å². The second kappa shape index (κ2) is 9.13. The molecule has 1 amide bonds. The molecule has 0 saturated heterocycles. The number of amides is 1. The van der Waals surface area contributed by atoms with E-state index < -0.39 is 0 Å². The highest BCUT2D eigenvalue weighted by Crippen LogP contribution is 2.22. The van der Waals surface area contributed by atoms with Gasteiger partial charge in [0.05, 0.1) is 18.2 Å². The number of rotatable bonds is 8. The zero-order valence-corrected chi connectivity index (χ0v) is 14.9. The van der Waals surface area contributed by atoms with Gasteiger partial charge in [-0.1, -0.05) is 37.6 Å². The monoisotopic (exact) mass is 364 g/mol. The van der Waals surface area contributed by atoms with Crippen LogP contribution in [0.3, 0.4) is 0 Å². The van der Waals surface area contributed by atoms with Crippen LogP contribution < -0.4 is 20.2 Å². The average molecular weight is 365 g/mol. The van der Waals surface area contributed by atoms with E-state index in [1.54, 1.807) is 24.3 Å². The Bertz CT molecular complexity index is 774. The van der Waals surface area contributed by atoms with E-state index in [-0.39, 0.29) is 30.2 Å². The fourth-order valence-corrected chi connectivity index (χ4v) is 2.11. The highest BCUT2D eigenvalue weighted by molar-refractivity contribution is 6.32. The summed E-state index contributed by atoms with van der Waals surface area (Å²) in [6.07, 6.45) is 1.51. The van der Waals surface area contributed by atoms with Gasteiger partial charge in [0.2, 0.25) is 5.43 Å². The molecule has 1 aromatic carbocycles. The van der Waals surface area contributed by atoms with Crippen molar-refractivity contribution >= 4 is 17.5 Å². The van der Waals surface area contributed by atoms with Gasteiger partial charge in [-0.25, -0.2) is 0 Å². The summed E-state index contributed by atoms with van der Waals surface area (Å²) in [5.74, 6) is 0.725. The number of nitrogens with one attached hydrogen (secondary N) is 2. The molecule has 25 heavy (non-hydrogen) atoms. The number of carbonyl (C=O) groups excluding carboxylic acids is 1. The molecule has 134 valence electrons. The summed E-state index contributed by atoms with van der Waals surface area (Å²) in [6, 6.07) is 8.32. The molecule has 0 fully saturated rings. The first-order valence-electron chi connectivity index (χ1n) is 7.94. The molecule has 0 aliphatic heterocycles. The molecular weight excluding hydrogens is 344 g/mol. The van der Waals surface area contributed by atoms with Crippen LogP contribution in [0.1, 0.15) is 19.5 Å². The summed E-state index contributed by atoms with van der Waals surface area (Å²) < 4.78 is 10.8. The normalized spacial score (nSPS) is 10.6. The highest BCUT2D eigenvalue weighted by Gasteiger charge is 2.07. The van der Waals surface area contributed by atoms with Crippen LogP contribution in [0.5, 0.6) is 11.5 Å². The van der Waals surface area contributed by atoms with E-state index in [0.29, 0.717) is 29.0 Å². The number of H-pyrrole nitrogens is 1. The lowest BCUT2D eigenvalue weighted by Gasteiger charge is -2.10. The van der Waals surface area contributed by atoms with Gasteiger partial charge < -0.3 is 19.8 Å². The summed E-state index contributed by atoms with van der Waals surface area (Å²) in [5.41, 5.74) is 0.351. The third-order valence-corrected chi connectivity index (χ3v) is 3.49. The summed E-state index contributed by atoms with van der Waals surface area (Å²) >= 11 is 5.95. The maximum Gasteiger partial charge on any atom is 0.258 e. The average Bonchev–Trinajstić information content (AvgIpc) is 2.58. The van der Waals surface area contributed by atoms with E-state index in [2.05, 4.69) is 10.3 Å². The smallest absolute Gasteiger partial charge is 0.258 e. The van der Waals surface area contributed by atoms with Crippen molar-refractivity contribution in [3.05, 3.63) is 57.5 Å². The van der Waals surface area contributed by atoms with Crippen LogP contribution in [0, 0.1) is 5.92 Å². The number of halogens is 1. The Balaban J connectivity index is 1.82. The first-order valence-corrected chi connectivity index (χ1v) is 8.32. The zero-order chi connectivity index (χ0) is 18.2. The van der Waals surface area contributed by atoms with Gasteiger partial charge in [-0.2, -0.15) is 0 Å². The lowest BCUT2D eigenvalue weighted by Crippen LogP contribution is -2.29. The Morgan fingerprint density at radius 2 is 2.00 bits per heavy atom. The standard InChI is InChI=1S/C18H21ClN2O4/c1-12(2)10-24-17-9-20-13(7-15(17)22)8-21-18(23)11-25-16-6-4-3-5-14(16)19/h3-7,9,12H,8,10-11H2,1-2H3,(H,20,22)(H,21,23). The van der Waals surface area contributed by atoms with E-state index >= 15 is 0 Å². The van der Waals surface area contributed by atoms with Crippen LogP contribution in [-0.4, -0.2) is 24.1 Å². The fraction of sp³-hybridized carbons (Fsp3) is 0.333. The lowest BCUT2D eigenvalue weighted by atomic mass is 10.2. The number of carbonyl (C=O) groups is 1. The summed E-state index contributed by atoms with van der Waals surface area (Å²) in [5, 5.41) is 3.11. The van der Waals surface area contributed by atoms with Gasteiger partial charge in [-0.3, -0.25) is 9.59 Å². The minimum absolute atomic E-state index is 0.163. The third kappa shape index (κ3) is 6.15. The second-order valence-corrected chi connectivity index (χ2v) is 6.29. The van der Waals surface area contributed by atoms with Crippen molar-refractivity contribution < 1.29 is 14.3 Å². The first kappa shape index (κ1) is 18.9. The van der Waals surface area contributed by atoms with Gasteiger partial charge >= 0.3 is 0 Å². The molecule has 0 radical (unpaired) electrons. The first-order chi connectivity index (χ1) is 12.0. The predicted octanol–water partition coefficient (Wildman–Crippen LogP) is 2.76. The molecule has 2 N–H and O–H groups in total. The molecule has 1 heterocycles. The molecule has 6 nitrogen and oxygen atoms in total. The number of ether oxygens (including phenoxy) is 2. The van der Waals surface area contributed by atoms with Crippen LogP contribution in [0.2, 0.25) is 5.02 Å². The zero-order valence-electron chi connectivity index (χ0n) is 14.2. The van der Waals surface area contributed by atoms with Crippen molar-refractivity contribution in [3.8, 4) is 11.5 Å². The Hall–Kier alpha value is -2.47. The highest BCUT2D eigenvalue weighted by atomic mass is 35.5. The number of pyridine rings is 1. The quantitative estimate of drug-likeness (QED) is 0.754. The molecule has 0 unspecified atom stereocenters. The number of aromatic amines is 1. The van der Waals surface area contributed by atoms with E-state index in [4.69, 9.17) is 21.1 Å². The summed E-state index contributed by atoms with van der Waals surface area (Å²) in [6.45, 7) is 4.50. The molecule has 0 saturated carbocycles. The molecule has 0 aliphatic rings. The van der Waals surface area contributed by atoms with Crippen molar-refractivity contribution in [3.63, 3.8) is 0 Å². The Labute approximate surface area is 151 Å². The molecule has 1 aromatic heterocycles. The van der Waals surface area contributed by atoms with Gasteiger partial charge in [-0.05, 0) is 18.1 Å². The van der Waals surface area contributed by atoms with Gasteiger partial charge in [0.25, 0.3) is 5.91 Å². The number of hydrogen-bond acceptors (Lipinski definition) is 4. The number of benzene rings is 1. The van der Waals surface area contributed by atoms with Crippen molar-refractivity contribution in [1.82, 2.24) is 10.3 Å².